The molecule has 0 spiro atoms. The molecular formula is C35H44FN5O4. The van der Waals surface area contributed by atoms with Crippen molar-refractivity contribution in [2.75, 3.05) is 20.1 Å². The third-order valence-electron chi connectivity index (χ3n) is 8.34. The minimum Gasteiger partial charge on any atom is -0.359 e. The third kappa shape index (κ3) is 8.45. The van der Waals surface area contributed by atoms with Gasteiger partial charge in [0.2, 0.25) is 23.6 Å². The van der Waals surface area contributed by atoms with E-state index in [0.717, 1.165) is 16.3 Å². The van der Waals surface area contributed by atoms with Gasteiger partial charge in [0, 0.05) is 39.0 Å². The van der Waals surface area contributed by atoms with E-state index in [4.69, 9.17) is 5.73 Å². The monoisotopic (exact) mass is 617 g/mol. The lowest BCUT2D eigenvalue weighted by Gasteiger charge is -2.45. The lowest BCUT2D eigenvalue weighted by molar-refractivity contribution is -0.155. The van der Waals surface area contributed by atoms with Crippen molar-refractivity contribution in [2.45, 2.75) is 76.5 Å². The Labute approximate surface area is 264 Å². The summed E-state index contributed by atoms with van der Waals surface area (Å²) in [5.74, 6) is -1.72. The maximum Gasteiger partial charge on any atom is 0.246 e. The molecule has 10 heteroatoms. The highest BCUT2D eigenvalue weighted by Gasteiger charge is 2.42. The van der Waals surface area contributed by atoms with Crippen LogP contribution in [0.1, 0.15) is 51.2 Å². The van der Waals surface area contributed by atoms with E-state index in [1.165, 1.54) is 12.1 Å². The summed E-state index contributed by atoms with van der Waals surface area (Å²) in [6, 6.07) is 17.7. The average molecular weight is 618 g/mol. The largest absolute Gasteiger partial charge is 0.359 e. The molecule has 4 N–H and O–H groups in total. The van der Waals surface area contributed by atoms with Gasteiger partial charge in [0.25, 0.3) is 0 Å². The van der Waals surface area contributed by atoms with Crippen LogP contribution in [0.4, 0.5) is 4.39 Å². The highest BCUT2D eigenvalue weighted by atomic mass is 19.1. The second-order valence-electron chi connectivity index (χ2n) is 12.4. The first-order valence-electron chi connectivity index (χ1n) is 15.5. The predicted molar refractivity (Wildman–Crippen MR) is 173 cm³/mol. The summed E-state index contributed by atoms with van der Waals surface area (Å²) >= 11 is 0. The van der Waals surface area contributed by atoms with Gasteiger partial charge >= 0.3 is 0 Å². The Morgan fingerprint density at radius 1 is 0.978 bits per heavy atom. The van der Waals surface area contributed by atoms with E-state index in [1.54, 1.807) is 42.8 Å². The first kappa shape index (κ1) is 33.6. The Kier molecular flexibility index (Phi) is 10.9. The van der Waals surface area contributed by atoms with E-state index < -0.39 is 41.3 Å². The van der Waals surface area contributed by atoms with Gasteiger partial charge < -0.3 is 26.2 Å². The van der Waals surface area contributed by atoms with Crippen molar-refractivity contribution in [1.29, 1.82) is 0 Å². The van der Waals surface area contributed by atoms with Gasteiger partial charge in [-0.2, -0.15) is 0 Å². The number of halogens is 1. The maximum absolute atomic E-state index is 14.2. The molecule has 3 unspecified atom stereocenters. The van der Waals surface area contributed by atoms with E-state index in [0.29, 0.717) is 24.8 Å². The van der Waals surface area contributed by atoms with Crippen LogP contribution in [0.2, 0.25) is 0 Å². The molecule has 0 saturated carbocycles. The molecule has 1 aliphatic rings. The molecule has 0 bridgehead atoms. The number of amides is 4. The van der Waals surface area contributed by atoms with Gasteiger partial charge in [-0.05, 0) is 60.7 Å². The van der Waals surface area contributed by atoms with E-state index in [9.17, 15) is 23.6 Å². The quantitative estimate of drug-likeness (QED) is 0.288. The van der Waals surface area contributed by atoms with Gasteiger partial charge in [-0.1, -0.05) is 67.9 Å². The smallest absolute Gasteiger partial charge is 0.246 e. The minimum atomic E-state index is -1.24. The molecule has 240 valence electrons. The van der Waals surface area contributed by atoms with Crippen LogP contribution in [-0.2, 0) is 32.0 Å². The van der Waals surface area contributed by atoms with Crippen molar-refractivity contribution in [3.63, 3.8) is 0 Å². The molecule has 3 aromatic carbocycles. The lowest BCUT2D eigenvalue weighted by atomic mass is 9.95. The van der Waals surface area contributed by atoms with Gasteiger partial charge in [-0.15, -0.1) is 0 Å². The van der Waals surface area contributed by atoms with Gasteiger partial charge in [0.1, 0.15) is 17.9 Å². The lowest BCUT2D eigenvalue weighted by Crippen LogP contribution is -2.65. The molecule has 3 atom stereocenters. The number of carbonyl (C=O) groups is 4. The first-order chi connectivity index (χ1) is 21.4. The second-order valence-corrected chi connectivity index (χ2v) is 12.4. The Bertz CT molecular complexity index is 1520. The molecule has 4 rings (SSSR count). The topological polar surface area (TPSA) is 125 Å². The number of nitrogens with one attached hydrogen (secondary N) is 2. The molecule has 1 saturated heterocycles. The molecule has 9 nitrogen and oxygen atoms in total. The average Bonchev–Trinajstić information content (AvgIpc) is 3.01. The van der Waals surface area contributed by atoms with Gasteiger partial charge in [-0.25, -0.2) is 4.39 Å². The SMILES string of the molecule is CCCC1C(=O)N(C(CC(=O)NC)Cc2ccc3ccccc3c2)CCN1C(=O)C(Cc1ccc(F)cc1)NC(=O)C(C)(C)N. The van der Waals surface area contributed by atoms with E-state index in [2.05, 4.69) is 16.7 Å². The Balaban J connectivity index is 1.60. The summed E-state index contributed by atoms with van der Waals surface area (Å²) in [6.07, 6.45) is 1.77. The number of hydrogen-bond acceptors (Lipinski definition) is 5. The van der Waals surface area contributed by atoms with Crippen LogP contribution in [0.25, 0.3) is 10.8 Å². The Morgan fingerprint density at radius 2 is 1.64 bits per heavy atom. The zero-order valence-corrected chi connectivity index (χ0v) is 26.5. The molecule has 0 radical (unpaired) electrons. The molecule has 4 amide bonds. The molecule has 1 aliphatic heterocycles. The van der Waals surface area contributed by atoms with Crippen molar-refractivity contribution < 1.29 is 23.6 Å². The molecule has 1 fully saturated rings. The van der Waals surface area contributed by atoms with Crippen molar-refractivity contribution in [3.8, 4) is 0 Å². The molecule has 1 heterocycles. The number of benzene rings is 3. The zero-order chi connectivity index (χ0) is 32.7. The van der Waals surface area contributed by atoms with E-state index in [1.807, 2.05) is 43.3 Å². The summed E-state index contributed by atoms with van der Waals surface area (Å²) < 4.78 is 13.6. The summed E-state index contributed by atoms with van der Waals surface area (Å²) in [7, 11) is 1.58. The highest BCUT2D eigenvalue weighted by molar-refractivity contribution is 5.95. The summed E-state index contributed by atoms with van der Waals surface area (Å²) in [6.45, 7) is 5.51. The summed E-state index contributed by atoms with van der Waals surface area (Å²) in [5.41, 5.74) is 6.45. The van der Waals surface area contributed by atoms with Crippen molar-refractivity contribution in [2.24, 2.45) is 5.73 Å². The molecular weight excluding hydrogens is 573 g/mol. The standard InChI is InChI=1S/C35H44FN5O4/c1-5-8-30-33(44)40(28(22-31(42)38-4)20-24-11-14-25-9-6-7-10-26(25)19-24)17-18-41(30)32(43)29(39-34(45)35(2,3)37)21-23-12-15-27(36)16-13-23/h6-7,9-16,19,28-30H,5,8,17-18,20-22,37H2,1-4H3,(H,38,42)(H,39,45). The number of fused-ring (bicyclic) bond motifs is 1. The number of nitrogens with two attached hydrogens (primary N) is 1. The predicted octanol–water partition coefficient (Wildman–Crippen LogP) is 3.33. The number of piperazine rings is 1. The fraction of sp³-hybridized carbons (Fsp3) is 0.429. The highest BCUT2D eigenvalue weighted by Crippen LogP contribution is 2.25. The molecule has 0 aromatic heterocycles. The van der Waals surface area contributed by atoms with Crippen LogP contribution in [0.5, 0.6) is 0 Å². The van der Waals surface area contributed by atoms with E-state index >= 15 is 0 Å². The van der Waals surface area contributed by atoms with Gasteiger partial charge in [0.15, 0.2) is 0 Å². The first-order valence-corrected chi connectivity index (χ1v) is 15.5. The van der Waals surface area contributed by atoms with E-state index in [-0.39, 0.29) is 37.7 Å². The zero-order valence-electron chi connectivity index (χ0n) is 26.5. The number of rotatable bonds is 12. The third-order valence-corrected chi connectivity index (χ3v) is 8.34. The van der Waals surface area contributed by atoms with Crippen molar-refractivity contribution in [3.05, 3.63) is 83.7 Å². The molecule has 45 heavy (non-hydrogen) atoms. The van der Waals surface area contributed by atoms with Crippen LogP contribution in [0.15, 0.2) is 66.7 Å². The maximum atomic E-state index is 14.2. The van der Waals surface area contributed by atoms with Crippen molar-refractivity contribution >= 4 is 34.4 Å². The Morgan fingerprint density at radius 3 is 2.29 bits per heavy atom. The van der Waals surface area contributed by atoms with Crippen LogP contribution in [-0.4, -0.2) is 77.2 Å². The van der Waals surface area contributed by atoms with Gasteiger partial charge in [-0.3, -0.25) is 19.2 Å². The number of carbonyl (C=O) groups excluding carboxylic acids is 4. The normalized spacial score (nSPS) is 16.8. The molecule has 0 aliphatic carbocycles. The van der Waals surface area contributed by atoms with Crippen molar-refractivity contribution in [1.82, 2.24) is 20.4 Å². The fourth-order valence-corrected chi connectivity index (χ4v) is 5.83. The van der Waals surface area contributed by atoms with Crippen LogP contribution in [0, 0.1) is 5.82 Å². The fourth-order valence-electron chi connectivity index (χ4n) is 5.83. The summed E-state index contributed by atoms with van der Waals surface area (Å²) in [4.78, 5) is 57.2. The minimum absolute atomic E-state index is 0.107. The van der Waals surface area contributed by atoms with Crippen LogP contribution in [0.3, 0.4) is 0 Å². The second kappa shape index (κ2) is 14.6. The molecule has 3 aromatic rings. The number of nitrogens with zero attached hydrogens (tertiary/aromatic N) is 2. The number of hydrogen-bond donors (Lipinski definition) is 3. The van der Waals surface area contributed by atoms with Crippen LogP contribution < -0.4 is 16.4 Å². The van der Waals surface area contributed by atoms with Crippen LogP contribution >= 0.6 is 0 Å². The summed E-state index contributed by atoms with van der Waals surface area (Å²) in [5, 5.41) is 7.65. The Hall–Kier alpha value is -4.31. The van der Waals surface area contributed by atoms with Gasteiger partial charge in [0.05, 0.1) is 5.54 Å².